The van der Waals surface area contributed by atoms with Crippen LogP contribution < -0.4 is 5.32 Å². The normalized spacial score (nSPS) is 47.7. The first-order chi connectivity index (χ1) is 5.52. The number of Topliss-reactive ketones (excluding diaryl/α,β-unsaturated/α-hetero) is 1. The zero-order valence-corrected chi connectivity index (χ0v) is 7.94. The number of ketones is 1. The van der Waals surface area contributed by atoms with Crippen molar-refractivity contribution in [2.75, 3.05) is 0 Å². The molecule has 0 aromatic carbocycles. The van der Waals surface area contributed by atoms with E-state index in [9.17, 15) is 4.79 Å². The minimum atomic E-state index is 0.113. The van der Waals surface area contributed by atoms with E-state index >= 15 is 0 Å². The van der Waals surface area contributed by atoms with Crippen LogP contribution >= 0.6 is 0 Å². The van der Waals surface area contributed by atoms with E-state index in [1.54, 1.807) is 0 Å². The van der Waals surface area contributed by atoms with Crippen LogP contribution in [0.2, 0.25) is 0 Å². The van der Waals surface area contributed by atoms with Gasteiger partial charge in [-0.15, -0.1) is 0 Å². The molecule has 2 heterocycles. The number of piperidine rings is 2. The first kappa shape index (κ1) is 8.24. The summed E-state index contributed by atoms with van der Waals surface area (Å²) in [4.78, 5) is 11.4. The van der Waals surface area contributed by atoms with Crippen LogP contribution in [0.3, 0.4) is 0 Å². The number of nitrogens with one attached hydrogen (secondary N) is 1. The van der Waals surface area contributed by atoms with Crippen LogP contribution in [-0.4, -0.2) is 16.9 Å². The molecular weight excluding hydrogens is 150 g/mol. The molecule has 2 rings (SSSR count). The monoisotopic (exact) mass is 167 g/mol. The van der Waals surface area contributed by atoms with Crippen LogP contribution in [0.4, 0.5) is 0 Å². The maximum Gasteiger partial charge on any atom is 0.136 e. The third-order valence-electron chi connectivity index (χ3n) is 3.24. The molecule has 0 aromatic rings. The third kappa shape index (κ3) is 1.28. The van der Waals surface area contributed by atoms with Gasteiger partial charge in [0.05, 0.1) is 0 Å². The summed E-state index contributed by atoms with van der Waals surface area (Å²) in [5.74, 6) is 0.443. The van der Waals surface area contributed by atoms with Gasteiger partial charge in [-0.25, -0.2) is 0 Å². The SMILES string of the molecule is C[C@]12CCC[C@](C)(CC(=O)C1)N2. The van der Waals surface area contributed by atoms with Gasteiger partial charge < -0.3 is 5.32 Å². The van der Waals surface area contributed by atoms with Crippen molar-refractivity contribution in [2.24, 2.45) is 0 Å². The van der Waals surface area contributed by atoms with E-state index < -0.39 is 0 Å². The molecule has 12 heavy (non-hydrogen) atoms. The molecule has 0 saturated carbocycles. The first-order valence-electron chi connectivity index (χ1n) is 4.83. The summed E-state index contributed by atoms with van der Waals surface area (Å²) in [6, 6.07) is 0. The Hall–Kier alpha value is -0.370. The topological polar surface area (TPSA) is 29.1 Å². The van der Waals surface area contributed by atoms with Gasteiger partial charge in [-0.05, 0) is 33.1 Å². The Morgan fingerprint density at radius 1 is 1.17 bits per heavy atom. The molecule has 2 heteroatoms. The molecule has 2 aliphatic heterocycles. The number of hydrogen-bond donors (Lipinski definition) is 1. The fourth-order valence-corrected chi connectivity index (χ4v) is 2.92. The second-order valence-corrected chi connectivity index (χ2v) is 4.99. The summed E-state index contributed by atoms with van der Waals surface area (Å²) >= 11 is 0. The highest BCUT2D eigenvalue weighted by Crippen LogP contribution is 2.37. The molecule has 0 unspecified atom stereocenters. The summed E-state index contributed by atoms with van der Waals surface area (Å²) in [5, 5.41) is 3.62. The van der Waals surface area contributed by atoms with E-state index in [0.717, 1.165) is 25.7 Å². The lowest BCUT2D eigenvalue weighted by Crippen LogP contribution is -2.63. The smallest absolute Gasteiger partial charge is 0.136 e. The van der Waals surface area contributed by atoms with Crippen molar-refractivity contribution >= 4 is 5.78 Å². The summed E-state index contributed by atoms with van der Waals surface area (Å²) in [5.41, 5.74) is 0.227. The summed E-state index contributed by atoms with van der Waals surface area (Å²) in [6.07, 6.45) is 5.07. The third-order valence-corrected chi connectivity index (χ3v) is 3.24. The van der Waals surface area contributed by atoms with Crippen molar-refractivity contribution in [1.82, 2.24) is 5.32 Å². The second-order valence-electron chi connectivity index (χ2n) is 4.99. The molecule has 2 fully saturated rings. The van der Waals surface area contributed by atoms with Crippen LogP contribution in [-0.2, 0) is 4.79 Å². The summed E-state index contributed by atoms with van der Waals surface area (Å²) in [6.45, 7) is 4.36. The first-order valence-corrected chi connectivity index (χ1v) is 4.83. The van der Waals surface area contributed by atoms with Crippen molar-refractivity contribution in [2.45, 2.75) is 57.0 Å². The molecule has 2 bridgehead atoms. The number of carbonyl (C=O) groups excluding carboxylic acids is 1. The van der Waals surface area contributed by atoms with Gasteiger partial charge in [0.1, 0.15) is 5.78 Å². The molecule has 2 saturated heterocycles. The Balaban J connectivity index is 2.24. The van der Waals surface area contributed by atoms with Crippen molar-refractivity contribution in [3.05, 3.63) is 0 Å². The number of hydrogen-bond acceptors (Lipinski definition) is 2. The highest BCUT2D eigenvalue weighted by molar-refractivity contribution is 5.82. The lowest BCUT2D eigenvalue weighted by atomic mass is 9.71. The van der Waals surface area contributed by atoms with Crippen LogP contribution in [0.15, 0.2) is 0 Å². The maximum atomic E-state index is 11.4. The Bertz CT molecular complexity index is 206. The van der Waals surface area contributed by atoms with Gasteiger partial charge in [-0.3, -0.25) is 4.79 Å². The second kappa shape index (κ2) is 2.32. The molecule has 2 nitrogen and oxygen atoms in total. The fourth-order valence-electron chi connectivity index (χ4n) is 2.92. The minimum Gasteiger partial charge on any atom is -0.305 e. The van der Waals surface area contributed by atoms with E-state index in [2.05, 4.69) is 19.2 Å². The zero-order chi connectivity index (χ0) is 8.82. The Labute approximate surface area is 73.7 Å². The molecule has 0 spiro atoms. The van der Waals surface area contributed by atoms with Crippen LogP contribution in [0.1, 0.15) is 46.0 Å². The number of carbonyl (C=O) groups is 1. The molecule has 2 atom stereocenters. The number of fused-ring (bicyclic) bond motifs is 2. The standard InChI is InChI=1S/C10H17NO/c1-9-4-3-5-10(2,11-9)7-8(12)6-9/h11H,3-7H2,1-2H3/t9-,10+. The fraction of sp³-hybridized carbons (Fsp3) is 0.900. The minimum absolute atomic E-state index is 0.113. The number of rotatable bonds is 0. The predicted molar refractivity (Wildman–Crippen MR) is 48.0 cm³/mol. The Kier molecular flexibility index (Phi) is 1.59. The van der Waals surface area contributed by atoms with Crippen molar-refractivity contribution in [3.8, 4) is 0 Å². The van der Waals surface area contributed by atoms with Gasteiger partial charge in [-0.2, -0.15) is 0 Å². The van der Waals surface area contributed by atoms with Crippen molar-refractivity contribution < 1.29 is 4.79 Å². The summed E-state index contributed by atoms with van der Waals surface area (Å²) in [7, 11) is 0. The van der Waals surface area contributed by atoms with Crippen LogP contribution in [0.25, 0.3) is 0 Å². The van der Waals surface area contributed by atoms with Crippen LogP contribution in [0, 0.1) is 0 Å². The molecular formula is C10H17NO. The highest BCUT2D eigenvalue weighted by Gasteiger charge is 2.44. The molecule has 0 amide bonds. The Morgan fingerprint density at radius 2 is 1.67 bits per heavy atom. The maximum absolute atomic E-state index is 11.4. The van der Waals surface area contributed by atoms with E-state index in [0.29, 0.717) is 5.78 Å². The van der Waals surface area contributed by atoms with Gasteiger partial charge >= 0.3 is 0 Å². The zero-order valence-electron chi connectivity index (χ0n) is 7.94. The van der Waals surface area contributed by atoms with E-state index in [4.69, 9.17) is 0 Å². The molecule has 2 aliphatic rings. The van der Waals surface area contributed by atoms with E-state index in [-0.39, 0.29) is 11.1 Å². The van der Waals surface area contributed by atoms with Crippen molar-refractivity contribution in [3.63, 3.8) is 0 Å². The van der Waals surface area contributed by atoms with Crippen molar-refractivity contribution in [1.29, 1.82) is 0 Å². The quantitative estimate of drug-likeness (QED) is 0.594. The van der Waals surface area contributed by atoms with Gasteiger partial charge in [0, 0.05) is 23.9 Å². The molecule has 0 aromatic heterocycles. The van der Waals surface area contributed by atoms with E-state index in [1.165, 1.54) is 6.42 Å². The van der Waals surface area contributed by atoms with Gasteiger partial charge in [-0.1, -0.05) is 0 Å². The largest absolute Gasteiger partial charge is 0.305 e. The van der Waals surface area contributed by atoms with Gasteiger partial charge in [0.15, 0.2) is 0 Å². The average molecular weight is 167 g/mol. The molecule has 1 N–H and O–H groups in total. The summed E-state index contributed by atoms with van der Waals surface area (Å²) < 4.78 is 0. The molecule has 0 radical (unpaired) electrons. The van der Waals surface area contributed by atoms with Gasteiger partial charge in [0.2, 0.25) is 0 Å². The lowest BCUT2D eigenvalue weighted by Gasteiger charge is -2.50. The highest BCUT2D eigenvalue weighted by atomic mass is 16.1. The van der Waals surface area contributed by atoms with E-state index in [1.807, 2.05) is 0 Å². The molecule has 68 valence electrons. The predicted octanol–water partition coefficient (Wildman–Crippen LogP) is 1.64. The van der Waals surface area contributed by atoms with Crippen LogP contribution in [0.5, 0.6) is 0 Å². The average Bonchev–Trinajstić information content (AvgIpc) is 1.79. The Morgan fingerprint density at radius 3 is 2.17 bits per heavy atom. The lowest BCUT2D eigenvalue weighted by molar-refractivity contribution is -0.126. The van der Waals surface area contributed by atoms with Gasteiger partial charge in [0.25, 0.3) is 0 Å². The molecule has 0 aliphatic carbocycles.